The number of nitrogens with one attached hydrogen (secondary N) is 1. The SMILES string of the molecule is CCCNC(Cc1cc(C)nn1C)c1cc(C)ccc1Br. The quantitative estimate of drug-likeness (QED) is 0.851. The summed E-state index contributed by atoms with van der Waals surface area (Å²) in [5.74, 6) is 0. The minimum atomic E-state index is 0.300. The lowest BCUT2D eigenvalue weighted by molar-refractivity contribution is 0.510. The number of hydrogen-bond acceptors (Lipinski definition) is 2. The van der Waals surface area contributed by atoms with Crippen LogP contribution in [0.2, 0.25) is 0 Å². The highest BCUT2D eigenvalue weighted by Gasteiger charge is 2.17. The summed E-state index contributed by atoms with van der Waals surface area (Å²) in [5.41, 5.74) is 4.94. The van der Waals surface area contributed by atoms with E-state index in [0.29, 0.717) is 6.04 Å². The molecular weight excluding hydrogens is 326 g/mol. The van der Waals surface area contributed by atoms with Crippen molar-refractivity contribution in [1.29, 1.82) is 0 Å². The van der Waals surface area contributed by atoms with Crippen LogP contribution in [-0.4, -0.2) is 16.3 Å². The lowest BCUT2D eigenvalue weighted by Gasteiger charge is -2.21. The molecule has 1 unspecified atom stereocenters. The van der Waals surface area contributed by atoms with Gasteiger partial charge in [-0.15, -0.1) is 0 Å². The van der Waals surface area contributed by atoms with Crippen LogP contribution in [0.4, 0.5) is 0 Å². The van der Waals surface area contributed by atoms with E-state index < -0.39 is 0 Å². The molecule has 0 bridgehead atoms. The van der Waals surface area contributed by atoms with E-state index in [2.05, 4.69) is 64.5 Å². The van der Waals surface area contributed by atoms with Crippen LogP contribution in [0.5, 0.6) is 0 Å². The van der Waals surface area contributed by atoms with Crippen molar-refractivity contribution >= 4 is 15.9 Å². The van der Waals surface area contributed by atoms with E-state index in [0.717, 1.165) is 25.1 Å². The number of aryl methyl sites for hydroxylation is 3. The lowest BCUT2D eigenvalue weighted by Crippen LogP contribution is -2.25. The zero-order valence-electron chi connectivity index (χ0n) is 13.3. The summed E-state index contributed by atoms with van der Waals surface area (Å²) in [5, 5.41) is 8.12. The maximum Gasteiger partial charge on any atom is 0.0596 e. The largest absolute Gasteiger partial charge is 0.310 e. The molecule has 0 fully saturated rings. The Balaban J connectivity index is 2.29. The third-order valence-electron chi connectivity index (χ3n) is 3.68. The minimum Gasteiger partial charge on any atom is -0.310 e. The molecule has 2 aromatic rings. The average molecular weight is 350 g/mol. The first-order valence-electron chi connectivity index (χ1n) is 7.50. The van der Waals surface area contributed by atoms with Crippen LogP contribution in [0.25, 0.3) is 0 Å². The van der Waals surface area contributed by atoms with Gasteiger partial charge in [0.2, 0.25) is 0 Å². The molecule has 0 aliphatic heterocycles. The molecule has 114 valence electrons. The summed E-state index contributed by atoms with van der Waals surface area (Å²) >= 11 is 3.70. The number of aromatic nitrogens is 2. The first-order chi connectivity index (χ1) is 10.0. The summed E-state index contributed by atoms with van der Waals surface area (Å²) in [7, 11) is 2.02. The summed E-state index contributed by atoms with van der Waals surface area (Å²) < 4.78 is 3.15. The topological polar surface area (TPSA) is 29.9 Å². The number of nitrogens with zero attached hydrogens (tertiary/aromatic N) is 2. The van der Waals surface area contributed by atoms with E-state index in [-0.39, 0.29) is 0 Å². The van der Waals surface area contributed by atoms with Crippen LogP contribution in [0, 0.1) is 13.8 Å². The van der Waals surface area contributed by atoms with E-state index in [9.17, 15) is 0 Å². The third kappa shape index (κ3) is 4.17. The fourth-order valence-corrected chi connectivity index (χ4v) is 3.13. The standard InChI is InChI=1S/C17H24BrN3/c1-5-8-19-17(11-14-10-13(3)20-21(14)4)15-9-12(2)6-7-16(15)18/h6-7,9-10,17,19H,5,8,11H2,1-4H3. The van der Waals surface area contributed by atoms with E-state index in [1.807, 2.05) is 18.7 Å². The summed E-state index contributed by atoms with van der Waals surface area (Å²) in [4.78, 5) is 0. The number of rotatable bonds is 6. The molecule has 1 aromatic heterocycles. The highest BCUT2D eigenvalue weighted by molar-refractivity contribution is 9.10. The van der Waals surface area contributed by atoms with Crippen molar-refractivity contribution < 1.29 is 0 Å². The molecular formula is C17H24BrN3. The molecule has 1 atom stereocenters. The average Bonchev–Trinajstić information content (AvgIpc) is 2.75. The second-order valence-electron chi connectivity index (χ2n) is 5.64. The molecule has 0 radical (unpaired) electrons. The molecule has 3 nitrogen and oxygen atoms in total. The van der Waals surface area contributed by atoms with Crippen molar-refractivity contribution in [3.8, 4) is 0 Å². The minimum absolute atomic E-state index is 0.300. The molecule has 1 heterocycles. The normalized spacial score (nSPS) is 12.6. The van der Waals surface area contributed by atoms with Gasteiger partial charge in [-0.05, 0) is 44.5 Å². The smallest absolute Gasteiger partial charge is 0.0596 e. The molecule has 0 saturated carbocycles. The van der Waals surface area contributed by atoms with Crippen LogP contribution in [0.3, 0.4) is 0 Å². The van der Waals surface area contributed by atoms with E-state index in [1.165, 1.54) is 21.3 Å². The van der Waals surface area contributed by atoms with Crippen molar-refractivity contribution in [2.45, 2.75) is 39.7 Å². The van der Waals surface area contributed by atoms with Crippen LogP contribution >= 0.6 is 15.9 Å². The van der Waals surface area contributed by atoms with Gasteiger partial charge in [0.15, 0.2) is 0 Å². The van der Waals surface area contributed by atoms with Gasteiger partial charge in [-0.25, -0.2) is 0 Å². The predicted molar refractivity (Wildman–Crippen MR) is 91.6 cm³/mol. The van der Waals surface area contributed by atoms with Gasteiger partial charge in [0.25, 0.3) is 0 Å². The number of benzene rings is 1. The fourth-order valence-electron chi connectivity index (χ4n) is 2.61. The Kier molecular flexibility index (Phi) is 5.59. The molecule has 1 N–H and O–H groups in total. The van der Waals surface area contributed by atoms with Gasteiger partial charge >= 0.3 is 0 Å². The van der Waals surface area contributed by atoms with E-state index in [1.54, 1.807) is 0 Å². The highest BCUT2D eigenvalue weighted by Crippen LogP contribution is 2.27. The molecule has 0 spiro atoms. The van der Waals surface area contributed by atoms with Crippen molar-refractivity contribution in [1.82, 2.24) is 15.1 Å². The van der Waals surface area contributed by atoms with Crippen LogP contribution in [0.15, 0.2) is 28.7 Å². The zero-order chi connectivity index (χ0) is 15.4. The van der Waals surface area contributed by atoms with Gasteiger partial charge in [-0.2, -0.15) is 5.10 Å². The molecule has 0 amide bonds. The highest BCUT2D eigenvalue weighted by atomic mass is 79.9. The Labute approximate surface area is 135 Å². The maximum atomic E-state index is 4.46. The Bertz CT molecular complexity index is 604. The van der Waals surface area contributed by atoms with Gasteiger partial charge in [-0.3, -0.25) is 4.68 Å². The van der Waals surface area contributed by atoms with E-state index in [4.69, 9.17) is 0 Å². The predicted octanol–water partition coefficient (Wildman–Crippen LogP) is 4.08. The third-order valence-corrected chi connectivity index (χ3v) is 4.40. The summed E-state index contributed by atoms with van der Waals surface area (Å²) in [6, 6.07) is 9.01. The summed E-state index contributed by atoms with van der Waals surface area (Å²) in [6.45, 7) is 7.40. The zero-order valence-corrected chi connectivity index (χ0v) is 14.9. The van der Waals surface area contributed by atoms with Crippen molar-refractivity contribution in [3.05, 3.63) is 51.3 Å². The maximum absolute atomic E-state index is 4.46. The number of halogens is 1. The second-order valence-corrected chi connectivity index (χ2v) is 6.49. The first-order valence-corrected chi connectivity index (χ1v) is 8.29. The monoisotopic (exact) mass is 349 g/mol. The molecule has 2 rings (SSSR count). The van der Waals surface area contributed by atoms with E-state index >= 15 is 0 Å². The number of hydrogen-bond donors (Lipinski definition) is 1. The molecule has 0 aliphatic rings. The van der Waals surface area contributed by atoms with Crippen molar-refractivity contribution in [2.75, 3.05) is 6.54 Å². The van der Waals surface area contributed by atoms with Gasteiger partial charge in [0.1, 0.15) is 0 Å². The van der Waals surface area contributed by atoms with Crippen LogP contribution in [-0.2, 0) is 13.5 Å². The van der Waals surface area contributed by atoms with Gasteiger partial charge in [-0.1, -0.05) is 40.5 Å². The molecule has 4 heteroatoms. The van der Waals surface area contributed by atoms with Gasteiger partial charge in [0, 0.05) is 29.7 Å². The molecule has 0 aliphatic carbocycles. The summed E-state index contributed by atoms with van der Waals surface area (Å²) in [6.07, 6.45) is 2.07. The fraction of sp³-hybridized carbons (Fsp3) is 0.471. The van der Waals surface area contributed by atoms with Gasteiger partial charge < -0.3 is 5.32 Å². The second kappa shape index (κ2) is 7.23. The Morgan fingerprint density at radius 3 is 2.67 bits per heavy atom. The van der Waals surface area contributed by atoms with Crippen molar-refractivity contribution in [3.63, 3.8) is 0 Å². The molecule has 0 saturated heterocycles. The Morgan fingerprint density at radius 1 is 1.29 bits per heavy atom. The Hall–Kier alpha value is -1.13. The Morgan fingerprint density at radius 2 is 2.05 bits per heavy atom. The lowest BCUT2D eigenvalue weighted by atomic mass is 9.99. The molecule has 21 heavy (non-hydrogen) atoms. The van der Waals surface area contributed by atoms with Gasteiger partial charge in [0.05, 0.1) is 5.69 Å². The molecule has 1 aromatic carbocycles. The van der Waals surface area contributed by atoms with Crippen LogP contribution < -0.4 is 5.32 Å². The van der Waals surface area contributed by atoms with Crippen molar-refractivity contribution in [2.24, 2.45) is 7.05 Å². The first kappa shape index (κ1) is 16.2. The van der Waals surface area contributed by atoms with Crippen LogP contribution in [0.1, 0.15) is 41.9 Å².